The van der Waals surface area contributed by atoms with E-state index in [4.69, 9.17) is 0 Å². The maximum Gasteiger partial charge on any atom is 0.243 e. The van der Waals surface area contributed by atoms with E-state index in [-0.39, 0.29) is 5.91 Å². The van der Waals surface area contributed by atoms with Gasteiger partial charge >= 0.3 is 0 Å². The smallest absolute Gasteiger partial charge is 0.243 e. The van der Waals surface area contributed by atoms with Gasteiger partial charge in [0.25, 0.3) is 0 Å². The summed E-state index contributed by atoms with van der Waals surface area (Å²) in [5, 5.41) is 0. The zero-order valence-corrected chi connectivity index (χ0v) is 21.8. The molecule has 3 aliphatic rings. The lowest BCUT2D eigenvalue weighted by Gasteiger charge is -2.38. The van der Waals surface area contributed by atoms with Crippen LogP contribution in [-0.2, 0) is 21.2 Å². The fourth-order valence-corrected chi connectivity index (χ4v) is 7.24. The maximum atomic E-state index is 13.0. The Hall–Kier alpha value is -1.44. The fourth-order valence-electron chi connectivity index (χ4n) is 5.72. The zero-order valence-electron chi connectivity index (χ0n) is 21.0. The van der Waals surface area contributed by atoms with E-state index in [0.717, 1.165) is 63.2 Å². The second kappa shape index (κ2) is 12.0. The minimum atomic E-state index is -3.42. The number of aryl methyl sites for hydroxylation is 1. The molecule has 1 unspecified atom stereocenters. The summed E-state index contributed by atoms with van der Waals surface area (Å²) in [6.45, 7) is 8.88. The van der Waals surface area contributed by atoms with E-state index in [1.54, 1.807) is 16.4 Å². The topological polar surface area (TPSA) is 60.9 Å². The average Bonchev–Trinajstić information content (AvgIpc) is 3.15. The highest BCUT2D eigenvalue weighted by Gasteiger charge is 2.27. The lowest BCUT2D eigenvalue weighted by atomic mass is 9.94. The molecule has 3 fully saturated rings. The molecular formula is C27H43N3O3S. The second-order valence-electron chi connectivity index (χ2n) is 10.8. The van der Waals surface area contributed by atoms with Crippen molar-refractivity contribution in [1.29, 1.82) is 0 Å². The van der Waals surface area contributed by atoms with Gasteiger partial charge in [0.1, 0.15) is 0 Å². The van der Waals surface area contributed by atoms with Gasteiger partial charge in [0, 0.05) is 39.1 Å². The summed E-state index contributed by atoms with van der Waals surface area (Å²) in [5.74, 6) is 1.68. The van der Waals surface area contributed by atoms with Gasteiger partial charge in [0.15, 0.2) is 0 Å². The van der Waals surface area contributed by atoms with Gasteiger partial charge in [-0.1, -0.05) is 31.9 Å². The van der Waals surface area contributed by atoms with Crippen molar-refractivity contribution in [3.8, 4) is 0 Å². The molecule has 1 aromatic carbocycles. The van der Waals surface area contributed by atoms with Crippen LogP contribution in [0.2, 0.25) is 0 Å². The summed E-state index contributed by atoms with van der Waals surface area (Å²) in [6, 6.07) is 7.20. The Morgan fingerprint density at radius 3 is 2.24 bits per heavy atom. The van der Waals surface area contributed by atoms with Gasteiger partial charge in [-0.05, 0) is 87.6 Å². The minimum absolute atomic E-state index is 0.234. The molecule has 0 spiro atoms. The Morgan fingerprint density at radius 2 is 1.56 bits per heavy atom. The number of rotatable bonds is 7. The molecular weight excluding hydrogens is 446 g/mol. The number of carbonyl (C=O) groups excluding carboxylic acids is 1. The molecule has 7 heteroatoms. The lowest BCUT2D eigenvalue weighted by Crippen LogP contribution is -2.45. The zero-order chi connectivity index (χ0) is 24.0. The SMILES string of the molecule is CC1CCN(CC2CCCN(C(=O)CCc3ccc(S(=O)(=O)N4CCCCCC4)cc3)C2)CC1. The summed E-state index contributed by atoms with van der Waals surface area (Å²) in [4.78, 5) is 18.0. The molecule has 0 bridgehead atoms. The Balaban J connectivity index is 1.25. The van der Waals surface area contributed by atoms with Crippen molar-refractivity contribution in [2.45, 2.75) is 76.0 Å². The largest absolute Gasteiger partial charge is 0.342 e. The molecule has 0 aromatic heterocycles. The molecule has 1 amide bonds. The second-order valence-corrected chi connectivity index (χ2v) is 12.7. The van der Waals surface area contributed by atoms with E-state index in [9.17, 15) is 13.2 Å². The van der Waals surface area contributed by atoms with Crippen molar-refractivity contribution in [3.63, 3.8) is 0 Å². The van der Waals surface area contributed by atoms with Crippen LogP contribution in [0.3, 0.4) is 0 Å². The number of hydrogen-bond acceptors (Lipinski definition) is 4. The van der Waals surface area contributed by atoms with E-state index >= 15 is 0 Å². The first-order valence-electron chi connectivity index (χ1n) is 13.5. The molecule has 0 N–H and O–H groups in total. The van der Waals surface area contributed by atoms with Crippen LogP contribution in [0, 0.1) is 11.8 Å². The van der Waals surface area contributed by atoms with E-state index in [2.05, 4.69) is 16.7 Å². The molecule has 6 nitrogen and oxygen atoms in total. The Labute approximate surface area is 206 Å². The molecule has 190 valence electrons. The predicted molar refractivity (Wildman–Crippen MR) is 136 cm³/mol. The van der Waals surface area contributed by atoms with Crippen LogP contribution >= 0.6 is 0 Å². The van der Waals surface area contributed by atoms with Crippen LogP contribution in [0.25, 0.3) is 0 Å². The van der Waals surface area contributed by atoms with Gasteiger partial charge in [-0.2, -0.15) is 4.31 Å². The molecule has 34 heavy (non-hydrogen) atoms. The molecule has 3 aliphatic heterocycles. The summed E-state index contributed by atoms with van der Waals surface area (Å²) in [5.41, 5.74) is 1.03. The summed E-state index contributed by atoms with van der Waals surface area (Å²) in [6.07, 6.45) is 10.2. The molecule has 0 saturated carbocycles. The minimum Gasteiger partial charge on any atom is -0.342 e. The van der Waals surface area contributed by atoms with E-state index in [1.165, 1.54) is 32.4 Å². The first-order chi connectivity index (χ1) is 16.4. The van der Waals surface area contributed by atoms with Gasteiger partial charge in [0.2, 0.25) is 15.9 Å². The van der Waals surface area contributed by atoms with Crippen LogP contribution < -0.4 is 0 Å². The number of piperidine rings is 2. The van der Waals surface area contributed by atoms with E-state index in [0.29, 0.717) is 36.7 Å². The van der Waals surface area contributed by atoms with Crippen molar-refractivity contribution in [3.05, 3.63) is 29.8 Å². The van der Waals surface area contributed by atoms with Crippen LogP contribution in [0.1, 0.15) is 70.3 Å². The predicted octanol–water partition coefficient (Wildman–Crippen LogP) is 4.15. The third-order valence-corrected chi connectivity index (χ3v) is 9.93. The molecule has 0 aliphatic carbocycles. The molecule has 1 atom stereocenters. The van der Waals surface area contributed by atoms with Crippen LogP contribution in [0.5, 0.6) is 0 Å². The number of amides is 1. The lowest BCUT2D eigenvalue weighted by molar-refractivity contribution is -0.133. The average molecular weight is 490 g/mol. The number of nitrogens with zero attached hydrogens (tertiary/aromatic N) is 3. The highest BCUT2D eigenvalue weighted by atomic mass is 32.2. The van der Waals surface area contributed by atoms with Gasteiger partial charge in [0.05, 0.1) is 4.90 Å². The van der Waals surface area contributed by atoms with Crippen LogP contribution in [0.4, 0.5) is 0 Å². The standard InChI is InChI=1S/C27H43N3O3S/c1-23-14-19-28(20-15-23)21-25-7-6-16-29(22-25)27(31)13-10-24-8-11-26(12-9-24)34(32,33)30-17-4-2-3-5-18-30/h8-9,11-12,23,25H,2-7,10,13-22H2,1H3. The normalized spacial score (nSPS) is 24.1. The quantitative estimate of drug-likeness (QED) is 0.577. The van der Waals surface area contributed by atoms with Crippen molar-refractivity contribution < 1.29 is 13.2 Å². The van der Waals surface area contributed by atoms with E-state index < -0.39 is 10.0 Å². The number of sulfonamides is 1. The monoisotopic (exact) mass is 489 g/mol. The van der Waals surface area contributed by atoms with Gasteiger partial charge in [-0.25, -0.2) is 8.42 Å². The number of hydrogen-bond donors (Lipinski definition) is 0. The number of benzene rings is 1. The summed E-state index contributed by atoms with van der Waals surface area (Å²) in [7, 11) is -3.42. The molecule has 4 rings (SSSR count). The van der Waals surface area contributed by atoms with Gasteiger partial charge < -0.3 is 9.80 Å². The van der Waals surface area contributed by atoms with Crippen molar-refractivity contribution in [2.24, 2.45) is 11.8 Å². The van der Waals surface area contributed by atoms with Crippen molar-refractivity contribution >= 4 is 15.9 Å². The molecule has 0 radical (unpaired) electrons. The fraction of sp³-hybridized carbons (Fsp3) is 0.741. The highest BCUT2D eigenvalue weighted by molar-refractivity contribution is 7.89. The summed E-state index contributed by atoms with van der Waals surface area (Å²) < 4.78 is 27.6. The van der Waals surface area contributed by atoms with Crippen molar-refractivity contribution in [1.82, 2.24) is 14.1 Å². The van der Waals surface area contributed by atoms with Crippen LogP contribution in [0.15, 0.2) is 29.2 Å². The number of carbonyl (C=O) groups is 1. The first kappa shape index (κ1) is 25.6. The Kier molecular flexibility index (Phi) is 9.05. The van der Waals surface area contributed by atoms with Crippen LogP contribution in [-0.4, -0.2) is 74.2 Å². The van der Waals surface area contributed by atoms with E-state index in [1.807, 2.05) is 12.1 Å². The first-order valence-corrected chi connectivity index (χ1v) is 14.9. The Morgan fingerprint density at radius 1 is 0.882 bits per heavy atom. The highest BCUT2D eigenvalue weighted by Crippen LogP contribution is 2.24. The van der Waals surface area contributed by atoms with Gasteiger partial charge in [-0.15, -0.1) is 0 Å². The van der Waals surface area contributed by atoms with Crippen molar-refractivity contribution in [2.75, 3.05) is 45.8 Å². The maximum absolute atomic E-state index is 13.0. The third-order valence-electron chi connectivity index (χ3n) is 8.02. The molecule has 3 saturated heterocycles. The molecule has 1 aromatic rings. The Bertz CT molecular complexity index is 886. The molecule has 3 heterocycles. The third kappa shape index (κ3) is 6.82. The van der Waals surface area contributed by atoms with Gasteiger partial charge in [-0.3, -0.25) is 4.79 Å². The number of likely N-dealkylation sites (tertiary alicyclic amines) is 2. The summed E-state index contributed by atoms with van der Waals surface area (Å²) >= 11 is 0.